The average Bonchev–Trinajstić information content (AvgIpc) is 2.89. The third-order valence-corrected chi connectivity index (χ3v) is 7.90. The van der Waals surface area contributed by atoms with Crippen molar-refractivity contribution in [1.29, 1.82) is 0 Å². The normalized spacial score (nSPS) is 15.6. The Morgan fingerprint density at radius 3 is 2.34 bits per heavy atom. The highest BCUT2D eigenvalue weighted by Gasteiger charge is 2.24. The number of para-hydroxylation sites is 1. The van der Waals surface area contributed by atoms with E-state index in [1.165, 1.54) is 11.3 Å². The third kappa shape index (κ3) is 4.93. The number of nitrogens with one attached hydrogen (secondary N) is 1. The largest absolute Gasteiger partial charge is 0.368 e. The van der Waals surface area contributed by atoms with Crippen LogP contribution in [0.15, 0.2) is 76.6 Å². The predicted octanol–water partition coefficient (Wildman–Crippen LogP) is 4.41. The van der Waals surface area contributed by atoms with Crippen molar-refractivity contribution in [2.45, 2.75) is 24.7 Å². The van der Waals surface area contributed by atoms with Crippen molar-refractivity contribution >= 4 is 39.2 Å². The van der Waals surface area contributed by atoms with Gasteiger partial charge in [0, 0.05) is 49.3 Å². The van der Waals surface area contributed by atoms with Crippen molar-refractivity contribution in [3.8, 4) is 0 Å². The van der Waals surface area contributed by atoms with Gasteiger partial charge in [-0.15, -0.1) is 0 Å². The fourth-order valence-corrected chi connectivity index (χ4v) is 5.76. The maximum atomic E-state index is 13.0. The predicted molar refractivity (Wildman–Crippen MR) is 139 cm³/mol. The molecule has 0 aromatic heterocycles. The van der Waals surface area contributed by atoms with E-state index in [0.29, 0.717) is 30.0 Å². The molecule has 0 bridgehead atoms. The molecule has 2 aliphatic rings. The van der Waals surface area contributed by atoms with E-state index in [9.17, 15) is 13.2 Å². The average molecular weight is 489 g/mol. The number of benzene rings is 3. The topological polar surface area (TPSA) is 82.1 Å². The lowest BCUT2D eigenvalue weighted by atomic mass is 10.1. The van der Waals surface area contributed by atoms with Crippen molar-refractivity contribution < 1.29 is 13.2 Å². The molecule has 0 saturated carbocycles. The monoisotopic (exact) mass is 488 g/mol. The molecule has 1 saturated heterocycles. The summed E-state index contributed by atoms with van der Waals surface area (Å²) in [6.45, 7) is 4.90. The molecule has 0 atom stereocenters. The van der Waals surface area contributed by atoms with E-state index in [0.717, 1.165) is 31.5 Å². The van der Waals surface area contributed by atoms with E-state index in [1.54, 1.807) is 42.6 Å². The summed E-state index contributed by atoms with van der Waals surface area (Å²) in [7, 11) is -3.81. The van der Waals surface area contributed by atoms with Gasteiger partial charge in [0.1, 0.15) is 4.90 Å². The summed E-state index contributed by atoms with van der Waals surface area (Å²) in [4.78, 5) is 21.6. The summed E-state index contributed by atoms with van der Waals surface area (Å²) in [5, 5.41) is 0. The van der Waals surface area contributed by atoms with Crippen LogP contribution in [-0.4, -0.2) is 51.6 Å². The molecule has 0 unspecified atom stereocenters. The molecule has 1 fully saturated rings. The number of piperazine rings is 1. The zero-order valence-corrected chi connectivity index (χ0v) is 20.5. The summed E-state index contributed by atoms with van der Waals surface area (Å²) in [6, 6.07) is 20.3. The van der Waals surface area contributed by atoms with E-state index < -0.39 is 10.0 Å². The SMILES string of the molecule is Cc1ccc(N2CCN(C(=O)c3ccc(NS(=O)(=O)c4cccc5c4N=CCC5)cc3)CC2)cc1. The number of anilines is 2. The molecule has 0 radical (unpaired) electrons. The number of aliphatic imine (C=N–C) groups is 1. The van der Waals surface area contributed by atoms with Crippen molar-refractivity contribution in [2.75, 3.05) is 35.8 Å². The molecule has 2 heterocycles. The van der Waals surface area contributed by atoms with E-state index in [4.69, 9.17) is 0 Å². The van der Waals surface area contributed by atoms with Crippen molar-refractivity contribution in [3.63, 3.8) is 0 Å². The lowest BCUT2D eigenvalue weighted by molar-refractivity contribution is 0.0747. The van der Waals surface area contributed by atoms with E-state index in [2.05, 4.69) is 45.8 Å². The standard InChI is InChI=1S/C27H28N4O3S/c1-20-7-13-24(14-8-20)30-16-18-31(19-17-30)27(32)22-9-11-23(12-10-22)29-35(33,34)25-6-2-4-21-5-3-15-28-26(21)25/h2,4,6-15,29H,3,5,16-19H2,1H3. The van der Waals surface area contributed by atoms with E-state index in [-0.39, 0.29) is 10.8 Å². The molecular weight excluding hydrogens is 460 g/mol. The summed E-state index contributed by atoms with van der Waals surface area (Å²) in [5.41, 5.74) is 4.78. The number of aryl methyl sites for hydroxylation is 2. The molecule has 7 nitrogen and oxygen atoms in total. The molecule has 0 aliphatic carbocycles. The summed E-state index contributed by atoms with van der Waals surface area (Å²) >= 11 is 0. The van der Waals surface area contributed by atoms with Crippen LogP contribution in [0.25, 0.3) is 0 Å². The highest BCUT2D eigenvalue weighted by Crippen LogP contribution is 2.32. The number of fused-ring (bicyclic) bond motifs is 1. The minimum absolute atomic E-state index is 0.0468. The van der Waals surface area contributed by atoms with Crippen LogP contribution in [0, 0.1) is 6.92 Å². The molecular formula is C27H28N4O3S. The summed E-state index contributed by atoms with van der Waals surface area (Å²) in [5.74, 6) is -0.0468. The molecule has 3 aromatic rings. The molecule has 5 rings (SSSR count). The zero-order chi connectivity index (χ0) is 24.4. The first-order chi connectivity index (χ1) is 16.9. The Morgan fingerprint density at radius 2 is 1.63 bits per heavy atom. The minimum Gasteiger partial charge on any atom is -0.368 e. The lowest BCUT2D eigenvalue weighted by Gasteiger charge is -2.36. The number of sulfonamides is 1. The first kappa shape index (κ1) is 23.1. The molecule has 180 valence electrons. The molecule has 1 N–H and O–H groups in total. The van der Waals surface area contributed by atoms with Gasteiger partial charge in [-0.2, -0.15) is 0 Å². The number of nitrogens with zero attached hydrogens (tertiary/aromatic N) is 3. The van der Waals surface area contributed by atoms with Crippen LogP contribution in [0.4, 0.5) is 17.1 Å². The highest BCUT2D eigenvalue weighted by molar-refractivity contribution is 7.92. The number of carbonyl (C=O) groups is 1. The Balaban J connectivity index is 1.24. The van der Waals surface area contributed by atoms with Crippen molar-refractivity contribution in [1.82, 2.24) is 4.90 Å². The molecule has 3 aromatic carbocycles. The number of hydrogen-bond donors (Lipinski definition) is 1. The molecule has 8 heteroatoms. The van der Waals surface area contributed by atoms with Crippen LogP contribution in [0.2, 0.25) is 0 Å². The Bertz CT molecular complexity index is 1360. The zero-order valence-electron chi connectivity index (χ0n) is 19.6. The molecule has 0 spiro atoms. The second kappa shape index (κ2) is 9.54. The van der Waals surface area contributed by atoms with Gasteiger partial charge in [-0.3, -0.25) is 14.5 Å². The second-order valence-corrected chi connectivity index (χ2v) is 10.6. The maximum absolute atomic E-state index is 13.0. The quantitative estimate of drug-likeness (QED) is 0.577. The van der Waals surface area contributed by atoms with Crippen molar-refractivity contribution in [3.05, 3.63) is 83.4 Å². The van der Waals surface area contributed by atoms with Gasteiger partial charge in [0.05, 0.1) is 5.69 Å². The van der Waals surface area contributed by atoms with Gasteiger partial charge in [0.15, 0.2) is 0 Å². The van der Waals surface area contributed by atoms with Gasteiger partial charge in [0.25, 0.3) is 15.9 Å². The van der Waals surface area contributed by atoms with Gasteiger partial charge in [-0.05, 0) is 67.8 Å². The van der Waals surface area contributed by atoms with Crippen LogP contribution in [0.5, 0.6) is 0 Å². The van der Waals surface area contributed by atoms with E-state index in [1.807, 2.05) is 11.0 Å². The second-order valence-electron chi connectivity index (χ2n) is 8.91. The Morgan fingerprint density at radius 1 is 0.914 bits per heavy atom. The lowest BCUT2D eigenvalue weighted by Crippen LogP contribution is -2.48. The van der Waals surface area contributed by atoms with Gasteiger partial charge in [-0.25, -0.2) is 8.42 Å². The first-order valence-corrected chi connectivity index (χ1v) is 13.3. The Hall–Kier alpha value is -3.65. The number of carbonyl (C=O) groups excluding carboxylic acids is 1. The maximum Gasteiger partial charge on any atom is 0.264 e. The van der Waals surface area contributed by atoms with Gasteiger partial charge < -0.3 is 9.80 Å². The van der Waals surface area contributed by atoms with Crippen molar-refractivity contribution in [2.24, 2.45) is 4.99 Å². The van der Waals surface area contributed by atoms with Gasteiger partial charge in [-0.1, -0.05) is 29.8 Å². The van der Waals surface area contributed by atoms with Gasteiger partial charge in [0.2, 0.25) is 0 Å². The fourth-order valence-electron chi connectivity index (χ4n) is 4.51. The van der Waals surface area contributed by atoms with Crippen LogP contribution < -0.4 is 9.62 Å². The highest BCUT2D eigenvalue weighted by atomic mass is 32.2. The number of amides is 1. The summed E-state index contributed by atoms with van der Waals surface area (Å²) in [6.07, 6.45) is 3.33. The minimum atomic E-state index is -3.81. The van der Waals surface area contributed by atoms with Gasteiger partial charge >= 0.3 is 0 Å². The van der Waals surface area contributed by atoms with Crippen LogP contribution >= 0.6 is 0 Å². The summed E-state index contributed by atoms with van der Waals surface area (Å²) < 4.78 is 28.7. The molecule has 35 heavy (non-hydrogen) atoms. The smallest absolute Gasteiger partial charge is 0.264 e. The molecule has 1 amide bonds. The van der Waals surface area contributed by atoms with Crippen LogP contribution in [0.3, 0.4) is 0 Å². The van der Waals surface area contributed by atoms with Crippen LogP contribution in [-0.2, 0) is 16.4 Å². The number of hydrogen-bond acceptors (Lipinski definition) is 5. The fraction of sp³-hybridized carbons (Fsp3) is 0.259. The third-order valence-electron chi connectivity index (χ3n) is 6.49. The Kier molecular flexibility index (Phi) is 6.30. The first-order valence-electron chi connectivity index (χ1n) is 11.8. The Labute approximate surface area is 206 Å². The van der Waals surface area contributed by atoms with E-state index >= 15 is 0 Å². The number of rotatable bonds is 5. The molecule has 2 aliphatic heterocycles. The van der Waals surface area contributed by atoms with Crippen LogP contribution in [0.1, 0.15) is 27.9 Å².